The SMILES string of the molecule is O=C(NC(CF)C(=O)O)C1CCCC(C(F)(F)F)C1. The van der Waals surface area contributed by atoms with Gasteiger partial charge in [0, 0.05) is 5.92 Å². The fourth-order valence-electron chi connectivity index (χ4n) is 2.18. The van der Waals surface area contributed by atoms with Crippen LogP contribution in [0.15, 0.2) is 0 Å². The molecule has 3 atom stereocenters. The van der Waals surface area contributed by atoms with E-state index in [9.17, 15) is 27.2 Å². The first kappa shape index (κ1) is 15.7. The molecule has 0 aromatic rings. The summed E-state index contributed by atoms with van der Waals surface area (Å²) in [6.07, 6.45) is -4.25. The molecule has 3 unspecified atom stereocenters. The Morgan fingerprint density at radius 1 is 1.32 bits per heavy atom. The van der Waals surface area contributed by atoms with Crippen LogP contribution in [0.1, 0.15) is 25.7 Å². The van der Waals surface area contributed by atoms with Gasteiger partial charge < -0.3 is 10.4 Å². The zero-order chi connectivity index (χ0) is 14.6. The van der Waals surface area contributed by atoms with Crippen molar-refractivity contribution in [3.63, 3.8) is 0 Å². The molecule has 1 fully saturated rings. The van der Waals surface area contributed by atoms with Crippen LogP contribution in [0.5, 0.6) is 0 Å². The summed E-state index contributed by atoms with van der Waals surface area (Å²) in [7, 11) is 0. The summed E-state index contributed by atoms with van der Waals surface area (Å²) < 4.78 is 50.0. The van der Waals surface area contributed by atoms with Gasteiger partial charge in [-0.15, -0.1) is 0 Å². The standard InChI is InChI=1S/C11H15F4NO3/c12-5-8(10(18)19)16-9(17)6-2-1-3-7(4-6)11(13,14)15/h6-8H,1-5H2,(H,16,17)(H,18,19). The summed E-state index contributed by atoms with van der Waals surface area (Å²) in [5.41, 5.74) is 0. The molecule has 0 aliphatic heterocycles. The molecule has 0 spiro atoms. The highest BCUT2D eigenvalue weighted by Gasteiger charge is 2.43. The molecular formula is C11H15F4NO3. The minimum Gasteiger partial charge on any atom is -0.480 e. The van der Waals surface area contributed by atoms with Crippen molar-refractivity contribution in [1.82, 2.24) is 5.32 Å². The van der Waals surface area contributed by atoms with Gasteiger partial charge in [0.15, 0.2) is 6.04 Å². The van der Waals surface area contributed by atoms with Gasteiger partial charge in [-0.25, -0.2) is 9.18 Å². The number of aliphatic carboxylic acids is 1. The number of carboxylic acids is 1. The van der Waals surface area contributed by atoms with Crippen molar-refractivity contribution in [1.29, 1.82) is 0 Å². The second-order valence-electron chi connectivity index (χ2n) is 4.66. The number of hydrogen-bond acceptors (Lipinski definition) is 2. The summed E-state index contributed by atoms with van der Waals surface area (Å²) in [5.74, 6) is -4.82. The van der Waals surface area contributed by atoms with Crippen LogP contribution in [-0.2, 0) is 9.59 Å². The molecule has 1 aliphatic rings. The van der Waals surface area contributed by atoms with Crippen molar-refractivity contribution in [3.05, 3.63) is 0 Å². The predicted molar refractivity (Wildman–Crippen MR) is 57.0 cm³/mol. The molecule has 19 heavy (non-hydrogen) atoms. The Balaban J connectivity index is 2.60. The molecule has 4 nitrogen and oxygen atoms in total. The number of halogens is 4. The number of carbonyl (C=O) groups is 2. The third-order valence-electron chi connectivity index (χ3n) is 3.28. The number of rotatable bonds is 4. The molecule has 0 radical (unpaired) electrons. The fourth-order valence-corrected chi connectivity index (χ4v) is 2.18. The Kier molecular flexibility index (Phi) is 5.13. The molecule has 1 saturated carbocycles. The first-order chi connectivity index (χ1) is 8.75. The van der Waals surface area contributed by atoms with E-state index in [1.165, 1.54) is 0 Å². The van der Waals surface area contributed by atoms with Crippen molar-refractivity contribution in [2.24, 2.45) is 11.8 Å². The molecule has 110 valence electrons. The Labute approximate surface area is 107 Å². The Morgan fingerprint density at radius 2 is 1.95 bits per heavy atom. The van der Waals surface area contributed by atoms with Crippen molar-refractivity contribution in [2.75, 3.05) is 6.67 Å². The Morgan fingerprint density at radius 3 is 2.42 bits per heavy atom. The van der Waals surface area contributed by atoms with Crippen LogP contribution in [0.3, 0.4) is 0 Å². The highest BCUT2D eigenvalue weighted by Crippen LogP contribution is 2.39. The summed E-state index contributed by atoms with van der Waals surface area (Å²) >= 11 is 0. The van der Waals surface area contributed by atoms with Crippen LogP contribution in [0.2, 0.25) is 0 Å². The first-order valence-corrected chi connectivity index (χ1v) is 5.91. The summed E-state index contributed by atoms with van der Waals surface area (Å²) in [6, 6.07) is -1.70. The maximum atomic E-state index is 12.5. The lowest BCUT2D eigenvalue weighted by Gasteiger charge is -2.30. The lowest BCUT2D eigenvalue weighted by Crippen LogP contribution is -2.46. The average Bonchev–Trinajstić information content (AvgIpc) is 2.34. The van der Waals surface area contributed by atoms with Crippen molar-refractivity contribution in [3.8, 4) is 0 Å². The maximum Gasteiger partial charge on any atom is 0.391 e. The normalized spacial score (nSPS) is 25.7. The lowest BCUT2D eigenvalue weighted by molar-refractivity contribution is -0.186. The summed E-state index contributed by atoms with van der Waals surface area (Å²) in [5, 5.41) is 10.5. The predicted octanol–water partition coefficient (Wildman–Crippen LogP) is 1.89. The monoisotopic (exact) mass is 285 g/mol. The molecule has 0 aromatic heterocycles. The molecule has 1 amide bonds. The van der Waals surface area contributed by atoms with E-state index in [1.807, 2.05) is 5.32 Å². The molecule has 0 aromatic carbocycles. The third kappa shape index (κ3) is 4.36. The minimum atomic E-state index is -4.36. The van der Waals surface area contributed by atoms with E-state index in [1.54, 1.807) is 0 Å². The smallest absolute Gasteiger partial charge is 0.391 e. The van der Waals surface area contributed by atoms with E-state index in [2.05, 4.69) is 0 Å². The number of hydrogen-bond donors (Lipinski definition) is 2. The van der Waals surface area contributed by atoms with Crippen molar-refractivity contribution in [2.45, 2.75) is 37.9 Å². The fraction of sp³-hybridized carbons (Fsp3) is 0.818. The minimum absolute atomic E-state index is 0.0290. The molecule has 0 saturated heterocycles. The number of amides is 1. The van der Waals surface area contributed by atoms with Crippen LogP contribution in [0.25, 0.3) is 0 Å². The van der Waals surface area contributed by atoms with Gasteiger partial charge in [-0.05, 0) is 19.3 Å². The number of carboxylic acid groups (broad SMARTS) is 1. The van der Waals surface area contributed by atoms with Gasteiger partial charge in [0.05, 0.1) is 5.92 Å². The van der Waals surface area contributed by atoms with Gasteiger partial charge in [-0.1, -0.05) is 6.42 Å². The van der Waals surface area contributed by atoms with Crippen LogP contribution >= 0.6 is 0 Å². The molecule has 2 N–H and O–H groups in total. The molecule has 1 aliphatic carbocycles. The quantitative estimate of drug-likeness (QED) is 0.775. The lowest BCUT2D eigenvalue weighted by atomic mass is 9.80. The Hall–Kier alpha value is -1.34. The van der Waals surface area contributed by atoms with E-state index in [0.29, 0.717) is 0 Å². The molecule has 8 heteroatoms. The second kappa shape index (κ2) is 6.21. The van der Waals surface area contributed by atoms with Gasteiger partial charge >= 0.3 is 12.1 Å². The zero-order valence-corrected chi connectivity index (χ0v) is 10.0. The highest BCUT2D eigenvalue weighted by molar-refractivity contribution is 5.85. The van der Waals surface area contributed by atoms with E-state index < -0.39 is 42.6 Å². The van der Waals surface area contributed by atoms with E-state index in [4.69, 9.17) is 5.11 Å². The van der Waals surface area contributed by atoms with Gasteiger partial charge in [-0.2, -0.15) is 13.2 Å². The molecule has 0 heterocycles. The van der Waals surface area contributed by atoms with Crippen LogP contribution in [-0.4, -0.2) is 35.9 Å². The summed E-state index contributed by atoms with van der Waals surface area (Å²) in [4.78, 5) is 22.2. The molecule has 1 rings (SSSR count). The molecular weight excluding hydrogens is 270 g/mol. The second-order valence-corrected chi connectivity index (χ2v) is 4.66. The summed E-state index contributed by atoms with van der Waals surface area (Å²) in [6.45, 7) is -1.30. The van der Waals surface area contributed by atoms with Crippen molar-refractivity contribution >= 4 is 11.9 Å². The molecule has 0 bridgehead atoms. The number of nitrogens with one attached hydrogen (secondary N) is 1. The maximum absolute atomic E-state index is 12.5. The topological polar surface area (TPSA) is 66.4 Å². The number of carbonyl (C=O) groups excluding carboxylic acids is 1. The van der Waals surface area contributed by atoms with E-state index in [0.717, 1.165) is 0 Å². The van der Waals surface area contributed by atoms with Crippen molar-refractivity contribution < 1.29 is 32.3 Å². The largest absolute Gasteiger partial charge is 0.480 e. The van der Waals surface area contributed by atoms with Crippen LogP contribution < -0.4 is 5.32 Å². The number of alkyl halides is 4. The van der Waals surface area contributed by atoms with E-state index in [-0.39, 0.29) is 25.7 Å². The van der Waals surface area contributed by atoms with Gasteiger partial charge in [0.2, 0.25) is 5.91 Å². The first-order valence-electron chi connectivity index (χ1n) is 5.91. The van der Waals surface area contributed by atoms with E-state index >= 15 is 0 Å². The van der Waals surface area contributed by atoms with Gasteiger partial charge in [-0.3, -0.25) is 4.79 Å². The zero-order valence-electron chi connectivity index (χ0n) is 10.0. The van der Waals surface area contributed by atoms with Gasteiger partial charge in [0.25, 0.3) is 0 Å². The van der Waals surface area contributed by atoms with Crippen LogP contribution in [0.4, 0.5) is 17.6 Å². The van der Waals surface area contributed by atoms with Gasteiger partial charge in [0.1, 0.15) is 6.67 Å². The third-order valence-corrected chi connectivity index (χ3v) is 3.28. The highest BCUT2D eigenvalue weighted by atomic mass is 19.4. The van der Waals surface area contributed by atoms with Crippen LogP contribution in [0, 0.1) is 11.8 Å². The Bertz CT molecular complexity index is 345. The average molecular weight is 285 g/mol.